The number of amides is 2. The van der Waals surface area contributed by atoms with Crippen LogP contribution in [0.4, 0.5) is 11.4 Å². The van der Waals surface area contributed by atoms with Crippen molar-refractivity contribution in [2.45, 2.75) is 6.92 Å². The van der Waals surface area contributed by atoms with Crippen LogP contribution in [0.1, 0.15) is 11.1 Å². The number of ether oxygens (including phenoxy) is 3. The summed E-state index contributed by atoms with van der Waals surface area (Å²) in [5.74, 6) is 0.379. The maximum atomic E-state index is 12.5. The minimum atomic E-state index is -0.560. The molecule has 0 aliphatic rings. The number of nitrogens with zero attached hydrogens (tertiary/aromatic N) is 1. The van der Waals surface area contributed by atoms with Crippen LogP contribution in [0.2, 0.25) is 5.02 Å². The van der Waals surface area contributed by atoms with Crippen LogP contribution in [0, 0.1) is 18.3 Å². The van der Waals surface area contributed by atoms with Gasteiger partial charge in [0.1, 0.15) is 17.4 Å². The molecule has 3 rings (SSSR count). The fourth-order valence-electron chi connectivity index (χ4n) is 3.09. The topological polar surface area (TPSA) is 110 Å². The number of hydrogen-bond acceptors (Lipinski definition) is 6. The number of aryl methyl sites for hydroxylation is 1. The van der Waals surface area contributed by atoms with Gasteiger partial charge in [-0.15, -0.1) is 0 Å². The summed E-state index contributed by atoms with van der Waals surface area (Å²) in [4.78, 5) is 24.8. The van der Waals surface area contributed by atoms with E-state index >= 15 is 0 Å². The van der Waals surface area contributed by atoms with Gasteiger partial charge in [0.05, 0.1) is 14.2 Å². The van der Waals surface area contributed by atoms with Gasteiger partial charge in [0.15, 0.2) is 18.1 Å². The van der Waals surface area contributed by atoms with Gasteiger partial charge in [0, 0.05) is 16.4 Å². The molecule has 0 spiro atoms. The summed E-state index contributed by atoms with van der Waals surface area (Å²) in [6, 6.07) is 18.7. The molecule has 2 amide bonds. The smallest absolute Gasteiger partial charge is 0.266 e. The third-order valence-electron chi connectivity index (χ3n) is 5.03. The number of carbonyl (C=O) groups excluding carboxylic acids is 2. The van der Waals surface area contributed by atoms with E-state index in [4.69, 9.17) is 25.8 Å². The molecule has 2 N–H and O–H groups in total. The van der Waals surface area contributed by atoms with Crippen LogP contribution in [0.5, 0.6) is 17.2 Å². The first-order chi connectivity index (χ1) is 17.3. The summed E-state index contributed by atoms with van der Waals surface area (Å²) in [5.41, 5.74) is 2.43. The highest BCUT2D eigenvalue weighted by Crippen LogP contribution is 2.29. The maximum absolute atomic E-state index is 12.5. The van der Waals surface area contributed by atoms with Gasteiger partial charge < -0.3 is 24.8 Å². The van der Waals surface area contributed by atoms with E-state index in [1.807, 2.05) is 13.0 Å². The third kappa shape index (κ3) is 7.01. The Hall–Kier alpha value is -4.48. The van der Waals surface area contributed by atoms with Crippen LogP contribution in [0.25, 0.3) is 6.08 Å². The van der Waals surface area contributed by atoms with Crippen LogP contribution < -0.4 is 24.8 Å². The van der Waals surface area contributed by atoms with Crippen molar-refractivity contribution in [2.24, 2.45) is 0 Å². The monoisotopic (exact) mass is 505 g/mol. The van der Waals surface area contributed by atoms with E-state index < -0.39 is 5.91 Å². The minimum Gasteiger partial charge on any atom is -0.497 e. The molecule has 0 radical (unpaired) electrons. The van der Waals surface area contributed by atoms with Gasteiger partial charge in [-0.05, 0) is 72.7 Å². The van der Waals surface area contributed by atoms with E-state index in [0.717, 1.165) is 5.56 Å². The largest absolute Gasteiger partial charge is 0.497 e. The van der Waals surface area contributed by atoms with Crippen molar-refractivity contribution in [3.05, 3.63) is 82.4 Å². The van der Waals surface area contributed by atoms with Gasteiger partial charge in [-0.3, -0.25) is 9.59 Å². The third-order valence-corrected chi connectivity index (χ3v) is 5.43. The molecule has 36 heavy (non-hydrogen) atoms. The van der Waals surface area contributed by atoms with Crippen LogP contribution in [0.15, 0.2) is 66.2 Å². The summed E-state index contributed by atoms with van der Waals surface area (Å²) >= 11 is 6.09. The molecule has 0 bridgehead atoms. The van der Waals surface area contributed by atoms with Gasteiger partial charge in [-0.2, -0.15) is 5.26 Å². The first kappa shape index (κ1) is 26.1. The Balaban J connectivity index is 1.66. The summed E-state index contributed by atoms with van der Waals surface area (Å²) in [7, 11) is 3.00. The fourth-order valence-corrected chi connectivity index (χ4v) is 3.27. The van der Waals surface area contributed by atoms with E-state index in [2.05, 4.69) is 10.6 Å². The number of anilines is 2. The molecular formula is C27H24ClN3O5. The van der Waals surface area contributed by atoms with Crippen LogP contribution in [-0.2, 0) is 9.59 Å². The van der Waals surface area contributed by atoms with Crippen molar-refractivity contribution < 1.29 is 23.8 Å². The summed E-state index contributed by atoms with van der Waals surface area (Å²) in [6.45, 7) is 1.61. The highest BCUT2D eigenvalue weighted by Gasteiger charge is 2.13. The molecule has 0 heterocycles. The zero-order valence-corrected chi connectivity index (χ0v) is 20.7. The standard InChI is InChI=1S/C27H24ClN3O5/c1-17-4-6-21(14-23(17)28)30-26(32)16-36-24-11-5-18(13-25(24)35-3)12-19(15-29)27(33)31-20-7-9-22(34-2)10-8-20/h4-14H,16H2,1-3H3,(H,30,32)(H,31,33)/b19-12-. The maximum Gasteiger partial charge on any atom is 0.266 e. The number of rotatable bonds is 9. The Morgan fingerprint density at radius 2 is 1.67 bits per heavy atom. The van der Waals surface area contributed by atoms with E-state index in [0.29, 0.717) is 39.2 Å². The van der Waals surface area contributed by atoms with Crippen molar-refractivity contribution in [1.82, 2.24) is 0 Å². The zero-order chi connectivity index (χ0) is 26.1. The second kappa shape index (κ2) is 12.3. The van der Waals surface area contributed by atoms with Crippen molar-refractivity contribution in [3.63, 3.8) is 0 Å². The van der Waals surface area contributed by atoms with Crippen molar-refractivity contribution >= 4 is 40.9 Å². The van der Waals surface area contributed by atoms with E-state index in [1.165, 1.54) is 13.2 Å². The fraction of sp³-hybridized carbons (Fsp3) is 0.148. The lowest BCUT2D eigenvalue weighted by Crippen LogP contribution is -2.20. The molecule has 3 aromatic carbocycles. The molecule has 0 atom stereocenters. The van der Waals surface area contributed by atoms with Crippen LogP contribution in [-0.4, -0.2) is 32.6 Å². The summed E-state index contributed by atoms with van der Waals surface area (Å²) < 4.78 is 16.1. The molecule has 8 nitrogen and oxygen atoms in total. The second-order valence-electron chi connectivity index (χ2n) is 7.56. The van der Waals surface area contributed by atoms with E-state index in [-0.39, 0.29) is 18.1 Å². The Morgan fingerprint density at radius 3 is 2.31 bits per heavy atom. The number of methoxy groups -OCH3 is 2. The van der Waals surface area contributed by atoms with Gasteiger partial charge >= 0.3 is 0 Å². The van der Waals surface area contributed by atoms with Gasteiger partial charge in [-0.25, -0.2) is 0 Å². The Bertz CT molecular complexity index is 1330. The molecule has 0 saturated heterocycles. The second-order valence-corrected chi connectivity index (χ2v) is 7.97. The Kier molecular flexibility index (Phi) is 8.92. The molecule has 0 unspecified atom stereocenters. The SMILES string of the molecule is COc1ccc(NC(=O)/C(C#N)=C\c2ccc(OCC(=O)Nc3ccc(C)c(Cl)c3)c(OC)c2)cc1. The molecule has 0 fully saturated rings. The van der Waals surface area contributed by atoms with E-state index in [1.54, 1.807) is 67.8 Å². The number of hydrogen-bond donors (Lipinski definition) is 2. The van der Waals surface area contributed by atoms with Gasteiger partial charge in [-0.1, -0.05) is 23.7 Å². The summed E-state index contributed by atoms with van der Waals surface area (Å²) in [6.07, 6.45) is 1.43. The van der Waals surface area contributed by atoms with Gasteiger partial charge in [0.2, 0.25) is 0 Å². The molecule has 3 aromatic rings. The first-order valence-electron chi connectivity index (χ1n) is 10.8. The van der Waals surface area contributed by atoms with E-state index in [9.17, 15) is 14.9 Å². The lowest BCUT2D eigenvalue weighted by atomic mass is 10.1. The number of nitriles is 1. The van der Waals surface area contributed by atoms with Crippen molar-refractivity contribution in [1.29, 1.82) is 5.26 Å². The number of halogens is 1. The van der Waals surface area contributed by atoms with Crippen LogP contribution in [0.3, 0.4) is 0 Å². The predicted molar refractivity (Wildman–Crippen MR) is 139 cm³/mol. The average molecular weight is 506 g/mol. The van der Waals surface area contributed by atoms with Crippen LogP contribution >= 0.6 is 11.6 Å². The highest BCUT2D eigenvalue weighted by molar-refractivity contribution is 6.31. The number of carbonyl (C=O) groups is 2. The molecule has 0 saturated carbocycles. The Morgan fingerprint density at radius 1 is 0.944 bits per heavy atom. The van der Waals surface area contributed by atoms with Gasteiger partial charge in [0.25, 0.3) is 11.8 Å². The molecule has 0 aromatic heterocycles. The number of nitrogens with one attached hydrogen (secondary N) is 2. The quantitative estimate of drug-likeness (QED) is 0.304. The summed E-state index contributed by atoms with van der Waals surface area (Å²) in [5, 5.41) is 15.4. The normalized spacial score (nSPS) is 10.7. The minimum absolute atomic E-state index is 0.0994. The highest BCUT2D eigenvalue weighted by atomic mass is 35.5. The molecule has 184 valence electrons. The molecule has 0 aliphatic heterocycles. The van der Waals surface area contributed by atoms with Crippen molar-refractivity contribution in [3.8, 4) is 23.3 Å². The lowest BCUT2D eigenvalue weighted by molar-refractivity contribution is -0.118. The Labute approximate surface area is 214 Å². The van der Waals surface area contributed by atoms with Crippen molar-refractivity contribution in [2.75, 3.05) is 31.5 Å². The zero-order valence-electron chi connectivity index (χ0n) is 19.9. The molecular weight excluding hydrogens is 482 g/mol. The molecule has 9 heteroatoms. The predicted octanol–water partition coefficient (Wildman–Crippen LogP) is 5.23. The lowest BCUT2D eigenvalue weighted by Gasteiger charge is -2.12. The number of benzene rings is 3. The first-order valence-corrected chi connectivity index (χ1v) is 11.1. The average Bonchev–Trinajstić information content (AvgIpc) is 2.88. The molecule has 0 aliphatic carbocycles.